The van der Waals surface area contributed by atoms with Gasteiger partial charge >= 0.3 is 0 Å². The van der Waals surface area contributed by atoms with Crippen molar-refractivity contribution in [3.8, 4) is 0 Å². The quantitative estimate of drug-likeness (QED) is 0.474. The number of rotatable bonds is 7. The van der Waals surface area contributed by atoms with E-state index in [2.05, 4.69) is 10.2 Å². The van der Waals surface area contributed by atoms with Crippen molar-refractivity contribution in [2.24, 2.45) is 0 Å². The molecule has 1 aliphatic rings. The van der Waals surface area contributed by atoms with Gasteiger partial charge in [-0.1, -0.05) is 54.2 Å². The zero-order chi connectivity index (χ0) is 23.4. The molecule has 0 N–H and O–H groups in total. The summed E-state index contributed by atoms with van der Waals surface area (Å²) >= 11 is 1.31. The van der Waals surface area contributed by atoms with Gasteiger partial charge in [0, 0.05) is 26.2 Å². The van der Waals surface area contributed by atoms with Gasteiger partial charge in [-0.2, -0.15) is 4.31 Å². The molecule has 1 aromatic heterocycles. The summed E-state index contributed by atoms with van der Waals surface area (Å²) in [6.45, 7) is 3.23. The fraction of sp³-hybridized carbons (Fsp3) is 0.318. The van der Waals surface area contributed by atoms with Crippen LogP contribution >= 0.6 is 11.8 Å². The molecule has 0 unspecified atom stereocenters. The fourth-order valence-electron chi connectivity index (χ4n) is 3.60. The molecule has 11 heteroatoms. The van der Waals surface area contributed by atoms with Gasteiger partial charge in [0.25, 0.3) is 0 Å². The molecular formula is C22H24FN5O3S2. The van der Waals surface area contributed by atoms with Gasteiger partial charge in [0.1, 0.15) is 16.5 Å². The Bertz CT molecular complexity index is 1230. The van der Waals surface area contributed by atoms with E-state index in [1.807, 2.05) is 41.8 Å². The second-order valence-electron chi connectivity index (χ2n) is 7.61. The van der Waals surface area contributed by atoms with Crippen LogP contribution in [0, 0.1) is 12.7 Å². The monoisotopic (exact) mass is 489 g/mol. The van der Waals surface area contributed by atoms with E-state index in [1.54, 1.807) is 4.90 Å². The summed E-state index contributed by atoms with van der Waals surface area (Å²) in [5, 5.41) is 8.99. The predicted molar refractivity (Wildman–Crippen MR) is 123 cm³/mol. The first-order chi connectivity index (χ1) is 15.9. The molecule has 1 amide bonds. The molecule has 1 aliphatic heterocycles. The van der Waals surface area contributed by atoms with E-state index in [1.165, 1.54) is 34.3 Å². The van der Waals surface area contributed by atoms with Crippen LogP contribution in [0.1, 0.15) is 11.4 Å². The minimum Gasteiger partial charge on any atom is -0.339 e. The molecule has 4 rings (SSSR count). The van der Waals surface area contributed by atoms with Gasteiger partial charge in [-0.25, -0.2) is 12.8 Å². The Morgan fingerprint density at radius 2 is 1.67 bits per heavy atom. The maximum atomic E-state index is 14.0. The SMILES string of the molecule is Cc1nnc(SCC(=O)N2CCN(S(=O)(=O)c3ccccc3F)CC2)n1Cc1ccccc1. The van der Waals surface area contributed by atoms with Crippen molar-refractivity contribution >= 4 is 27.7 Å². The normalized spacial score (nSPS) is 15.0. The van der Waals surface area contributed by atoms with Crippen molar-refractivity contribution < 1.29 is 17.6 Å². The van der Waals surface area contributed by atoms with Gasteiger partial charge in [-0.05, 0) is 24.6 Å². The highest BCUT2D eigenvalue weighted by Gasteiger charge is 2.31. The van der Waals surface area contributed by atoms with Gasteiger partial charge in [0.05, 0.1) is 12.3 Å². The second kappa shape index (κ2) is 10.0. The van der Waals surface area contributed by atoms with E-state index in [4.69, 9.17) is 0 Å². The molecule has 174 valence electrons. The van der Waals surface area contributed by atoms with Crippen molar-refractivity contribution in [2.75, 3.05) is 31.9 Å². The molecule has 1 saturated heterocycles. The number of sulfonamides is 1. The lowest BCUT2D eigenvalue weighted by Gasteiger charge is -2.34. The molecule has 0 radical (unpaired) electrons. The Hall–Kier alpha value is -2.76. The summed E-state index contributed by atoms with van der Waals surface area (Å²) in [6.07, 6.45) is 0. The average molecular weight is 490 g/mol. The maximum absolute atomic E-state index is 14.0. The molecule has 33 heavy (non-hydrogen) atoms. The van der Waals surface area contributed by atoms with Gasteiger partial charge in [0.2, 0.25) is 15.9 Å². The number of halogens is 1. The van der Waals surface area contributed by atoms with Crippen LogP contribution in [0.4, 0.5) is 4.39 Å². The number of piperazine rings is 1. The number of aryl methyl sites for hydroxylation is 1. The fourth-order valence-corrected chi connectivity index (χ4v) is 5.98. The number of carbonyl (C=O) groups is 1. The minimum atomic E-state index is -3.94. The number of thioether (sulfide) groups is 1. The highest BCUT2D eigenvalue weighted by Crippen LogP contribution is 2.22. The van der Waals surface area contributed by atoms with E-state index < -0.39 is 15.8 Å². The first kappa shape index (κ1) is 23.4. The highest BCUT2D eigenvalue weighted by molar-refractivity contribution is 7.99. The Morgan fingerprint density at radius 1 is 1.00 bits per heavy atom. The summed E-state index contributed by atoms with van der Waals surface area (Å²) in [4.78, 5) is 14.0. The zero-order valence-corrected chi connectivity index (χ0v) is 19.7. The van der Waals surface area contributed by atoms with Crippen LogP contribution in [0.2, 0.25) is 0 Å². The molecule has 3 aromatic rings. The van der Waals surface area contributed by atoms with Crippen LogP contribution in [0.25, 0.3) is 0 Å². The van der Waals surface area contributed by atoms with Gasteiger partial charge in [-0.15, -0.1) is 10.2 Å². The number of nitrogens with zero attached hydrogens (tertiary/aromatic N) is 5. The zero-order valence-electron chi connectivity index (χ0n) is 18.1. The van der Waals surface area contributed by atoms with Gasteiger partial charge < -0.3 is 9.47 Å². The number of benzene rings is 2. The van der Waals surface area contributed by atoms with Crippen LogP contribution in [0.15, 0.2) is 64.6 Å². The second-order valence-corrected chi connectivity index (χ2v) is 10.5. The largest absolute Gasteiger partial charge is 0.339 e. The standard InChI is InChI=1S/C22H24FN5O3S2/c1-17-24-25-22(28(17)15-18-7-3-2-4-8-18)32-16-21(29)26-11-13-27(14-12-26)33(30,31)20-10-6-5-9-19(20)23/h2-10H,11-16H2,1H3. The minimum absolute atomic E-state index is 0.102. The third-order valence-corrected chi connectivity index (χ3v) is 8.34. The summed E-state index contributed by atoms with van der Waals surface area (Å²) in [5.41, 5.74) is 1.11. The first-order valence-electron chi connectivity index (χ1n) is 10.5. The lowest BCUT2D eigenvalue weighted by molar-refractivity contribution is -0.129. The molecule has 0 bridgehead atoms. The topological polar surface area (TPSA) is 88.4 Å². The molecular weight excluding hydrogens is 465 g/mol. The number of carbonyl (C=O) groups excluding carboxylic acids is 1. The van der Waals surface area contributed by atoms with Crippen LogP contribution in [0.5, 0.6) is 0 Å². The Kier molecular flexibility index (Phi) is 7.11. The Labute approximate surface area is 196 Å². The van der Waals surface area contributed by atoms with Crippen LogP contribution in [-0.4, -0.2) is 70.2 Å². The van der Waals surface area contributed by atoms with E-state index in [9.17, 15) is 17.6 Å². The molecule has 1 fully saturated rings. The van der Waals surface area contributed by atoms with Crippen molar-refractivity contribution in [3.63, 3.8) is 0 Å². The third kappa shape index (κ3) is 5.26. The molecule has 8 nitrogen and oxygen atoms in total. The van der Waals surface area contributed by atoms with Crippen LogP contribution in [-0.2, 0) is 21.4 Å². The van der Waals surface area contributed by atoms with Crippen molar-refractivity contribution in [1.29, 1.82) is 0 Å². The molecule has 0 saturated carbocycles. The molecule has 2 heterocycles. The van der Waals surface area contributed by atoms with Crippen molar-refractivity contribution in [3.05, 3.63) is 71.8 Å². The first-order valence-corrected chi connectivity index (χ1v) is 12.9. The molecule has 0 aliphatic carbocycles. The average Bonchev–Trinajstić information content (AvgIpc) is 3.17. The van der Waals surface area contributed by atoms with Crippen molar-refractivity contribution in [2.45, 2.75) is 23.5 Å². The predicted octanol–water partition coefficient (Wildman–Crippen LogP) is 2.40. The van der Waals surface area contributed by atoms with E-state index in [0.29, 0.717) is 11.7 Å². The number of aromatic nitrogens is 3. The third-order valence-electron chi connectivity index (χ3n) is 5.46. The highest BCUT2D eigenvalue weighted by atomic mass is 32.2. The molecule has 2 aromatic carbocycles. The lowest BCUT2D eigenvalue weighted by Crippen LogP contribution is -2.51. The van der Waals surface area contributed by atoms with Crippen LogP contribution in [0.3, 0.4) is 0 Å². The molecule has 0 atom stereocenters. The summed E-state index contributed by atoms with van der Waals surface area (Å²) in [6, 6.07) is 15.3. The lowest BCUT2D eigenvalue weighted by atomic mass is 10.2. The number of hydrogen-bond acceptors (Lipinski definition) is 6. The van der Waals surface area contributed by atoms with E-state index in [0.717, 1.165) is 17.5 Å². The van der Waals surface area contributed by atoms with Crippen molar-refractivity contribution in [1.82, 2.24) is 24.0 Å². The molecule has 0 spiro atoms. The number of hydrogen-bond donors (Lipinski definition) is 0. The van der Waals surface area contributed by atoms with E-state index in [-0.39, 0.29) is 42.7 Å². The van der Waals surface area contributed by atoms with Gasteiger partial charge in [-0.3, -0.25) is 4.79 Å². The van der Waals surface area contributed by atoms with Gasteiger partial charge in [0.15, 0.2) is 5.16 Å². The Balaban J connectivity index is 1.34. The summed E-state index contributed by atoms with van der Waals surface area (Å²) < 4.78 is 42.7. The number of amides is 1. The maximum Gasteiger partial charge on any atom is 0.246 e. The Morgan fingerprint density at radius 3 is 2.36 bits per heavy atom. The smallest absolute Gasteiger partial charge is 0.246 e. The van der Waals surface area contributed by atoms with E-state index >= 15 is 0 Å². The summed E-state index contributed by atoms with van der Waals surface area (Å²) in [5.74, 6) is 0.0606. The summed E-state index contributed by atoms with van der Waals surface area (Å²) in [7, 11) is -3.94. The van der Waals surface area contributed by atoms with Crippen LogP contribution < -0.4 is 0 Å².